The molecule has 1 aromatic carbocycles. The van der Waals surface area contributed by atoms with E-state index in [0.717, 1.165) is 5.69 Å². The molecule has 0 saturated carbocycles. The van der Waals surface area contributed by atoms with Crippen molar-refractivity contribution < 1.29 is 4.79 Å². The van der Waals surface area contributed by atoms with E-state index >= 15 is 0 Å². The van der Waals surface area contributed by atoms with Crippen molar-refractivity contribution in [1.82, 2.24) is 4.98 Å². The van der Waals surface area contributed by atoms with E-state index in [1.165, 1.54) is 0 Å². The smallest absolute Gasteiger partial charge is 0.257 e. The molecule has 2 aromatic rings. The molecule has 0 aliphatic carbocycles. The summed E-state index contributed by atoms with van der Waals surface area (Å²) in [6.07, 6.45) is 0. The standard InChI is InChI=1S/C14H14ClN3O/c1-8-3-5-11(9(2)17-8)14(19)18-13-6-4-10(15)7-12(13)16/h3-7H,16H2,1-2H3,(H,18,19). The Balaban J connectivity index is 2.25. The van der Waals surface area contributed by atoms with Crippen LogP contribution >= 0.6 is 11.6 Å². The number of halogens is 1. The highest BCUT2D eigenvalue weighted by atomic mass is 35.5. The largest absolute Gasteiger partial charge is 0.397 e. The third kappa shape index (κ3) is 3.03. The predicted octanol–water partition coefficient (Wildman–Crippen LogP) is 3.19. The fourth-order valence-corrected chi connectivity index (χ4v) is 1.94. The Morgan fingerprint density at radius 2 is 2.00 bits per heavy atom. The average molecular weight is 276 g/mol. The Morgan fingerprint density at radius 1 is 1.26 bits per heavy atom. The van der Waals surface area contributed by atoms with E-state index in [-0.39, 0.29) is 5.91 Å². The maximum absolute atomic E-state index is 12.1. The quantitative estimate of drug-likeness (QED) is 0.827. The number of pyridine rings is 1. The van der Waals surface area contributed by atoms with E-state index in [4.69, 9.17) is 17.3 Å². The highest BCUT2D eigenvalue weighted by Crippen LogP contribution is 2.23. The van der Waals surface area contributed by atoms with E-state index in [9.17, 15) is 4.79 Å². The Labute approximate surface area is 116 Å². The summed E-state index contributed by atoms with van der Waals surface area (Å²) in [4.78, 5) is 16.4. The number of aryl methyl sites for hydroxylation is 2. The van der Waals surface area contributed by atoms with Crippen LogP contribution in [0.15, 0.2) is 30.3 Å². The van der Waals surface area contributed by atoms with Crippen LogP contribution in [0.25, 0.3) is 0 Å². The van der Waals surface area contributed by atoms with Gasteiger partial charge in [0.1, 0.15) is 0 Å². The summed E-state index contributed by atoms with van der Waals surface area (Å²) in [6.45, 7) is 3.68. The molecule has 1 heterocycles. The molecule has 0 atom stereocenters. The van der Waals surface area contributed by atoms with E-state index in [1.807, 2.05) is 6.92 Å². The van der Waals surface area contributed by atoms with Crippen molar-refractivity contribution in [2.45, 2.75) is 13.8 Å². The van der Waals surface area contributed by atoms with Gasteiger partial charge in [0.25, 0.3) is 5.91 Å². The number of amides is 1. The zero-order chi connectivity index (χ0) is 14.0. The lowest BCUT2D eigenvalue weighted by molar-refractivity contribution is 0.102. The average Bonchev–Trinajstić information content (AvgIpc) is 2.32. The molecule has 4 nitrogen and oxygen atoms in total. The molecule has 0 aliphatic heterocycles. The van der Waals surface area contributed by atoms with Gasteiger partial charge in [-0.1, -0.05) is 11.6 Å². The molecule has 1 amide bonds. The molecule has 0 unspecified atom stereocenters. The van der Waals surface area contributed by atoms with E-state index in [0.29, 0.717) is 27.7 Å². The minimum atomic E-state index is -0.237. The number of carbonyl (C=O) groups excluding carboxylic acids is 1. The van der Waals surface area contributed by atoms with Gasteiger partial charge in [0.15, 0.2) is 0 Å². The molecule has 19 heavy (non-hydrogen) atoms. The molecule has 0 fully saturated rings. The normalized spacial score (nSPS) is 10.3. The minimum Gasteiger partial charge on any atom is -0.397 e. The summed E-state index contributed by atoms with van der Waals surface area (Å²) in [5, 5.41) is 3.28. The molecule has 0 spiro atoms. The van der Waals surface area contributed by atoms with Gasteiger partial charge in [0.2, 0.25) is 0 Å². The number of rotatable bonds is 2. The van der Waals surface area contributed by atoms with Crippen LogP contribution < -0.4 is 11.1 Å². The first-order chi connectivity index (χ1) is 8.97. The molecule has 2 rings (SSSR count). The van der Waals surface area contributed by atoms with Crippen LogP contribution in [0.1, 0.15) is 21.7 Å². The summed E-state index contributed by atoms with van der Waals surface area (Å²) < 4.78 is 0. The van der Waals surface area contributed by atoms with Crippen LogP contribution in [0.5, 0.6) is 0 Å². The third-order valence-electron chi connectivity index (χ3n) is 2.73. The molecule has 98 valence electrons. The van der Waals surface area contributed by atoms with Gasteiger partial charge in [-0.2, -0.15) is 0 Å². The Morgan fingerprint density at radius 3 is 2.63 bits per heavy atom. The fraction of sp³-hybridized carbons (Fsp3) is 0.143. The van der Waals surface area contributed by atoms with Crippen molar-refractivity contribution in [2.75, 3.05) is 11.1 Å². The maximum Gasteiger partial charge on any atom is 0.257 e. The highest BCUT2D eigenvalue weighted by Gasteiger charge is 2.11. The van der Waals surface area contributed by atoms with E-state index < -0.39 is 0 Å². The van der Waals surface area contributed by atoms with Crippen molar-refractivity contribution in [3.63, 3.8) is 0 Å². The molecule has 0 aliphatic rings. The maximum atomic E-state index is 12.1. The van der Waals surface area contributed by atoms with Crippen LogP contribution in [0, 0.1) is 13.8 Å². The Hall–Kier alpha value is -2.07. The summed E-state index contributed by atoms with van der Waals surface area (Å²) in [7, 11) is 0. The first kappa shape index (κ1) is 13.4. The fourth-order valence-electron chi connectivity index (χ4n) is 1.76. The Bertz CT molecular complexity index is 641. The second-order valence-electron chi connectivity index (χ2n) is 4.27. The lowest BCUT2D eigenvalue weighted by Crippen LogP contribution is -2.15. The van der Waals surface area contributed by atoms with Crippen LogP contribution in [-0.4, -0.2) is 10.9 Å². The number of hydrogen-bond donors (Lipinski definition) is 2. The number of carbonyl (C=O) groups is 1. The van der Waals surface area contributed by atoms with Gasteiger partial charge in [-0.3, -0.25) is 9.78 Å². The van der Waals surface area contributed by atoms with E-state index in [1.54, 1.807) is 37.3 Å². The second-order valence-corrected chi connectivity index (χ2v) is 4.71. The number of anilines is 2. The van der Waals surface area contributed by atoms with Gasteiger partial charge in [-0.25, -0.2) is 0 Å². The van der Waals surface area contributed by atoms with Gasteiger partial charge in [0.05, 0.1) is 22.6 Å². The number of aromatic nitrogens is 1. The van der Waals surface area contributed by atoms with Gasteiger partial charge >= 0.3 is 0 Å². The summed E-state index contributed by atoms with van der Waals surface area (Å²) >= 11 is 5.81. The molecule has 0 bridgehead atoms. The number of hydrogen-bond acceptors (Lipinski definition) is 3. The van der Waals surface area contributed by atoms with Crippen molar-refractivity contribution in [3.8, 4) is 0 Å². The van der Waals surface area contributed by atoms with Crippen LogP contribution in [0.3, 0.4) is 0 Å². The highest BCUT2D eigenvalue weighted by molar-refractivity contribution is 6.31. The van der Waals surface area contributed by atoms with Gasteiger partial charge < -0.3 is 11.1 Å². The lowest BCUT2D eigenvalue weighted by Gasteiger charge is -2.10. The monoisotopic (exact) mass is 275 g/mol. The zero-order valence-electron chi connectivity index (χ0n) is 10.7. The molecule has 3 N–H and O–H groups in total. The third-order valence-corrected chi connectivity index (χ3v) is 2.97. The van der Waals surface area contributed by atoms with Gasteiger partial charge in [-0.15, -0.1) is 0 Å². The van der Waals surface area contributed by atoms with E-state index in [2.05, 4.69) is 10.3 Å². The number of nitrogens with two attached hydrogens (primary N) is 1. The van der Waals surface area contributed by atoms with Gasteiger partial charge in [-0.05, 0) is 44.2 Å². The molecule has 0 saturated heterocycles. The number of nitrogens with zero attached hydrogens (tertiary/aromatic N) is 1. The first-order valence-electron chi connectivity index (χ1n) is 5.78. The molecule has 0 radical (unpaired) electrons. The van der Waals surface area contributed by atoms with Crippen LogP contribution in [0.2, 0.25) is 5.02 Å². The molecule has 1 aromatic heterocycles. The van der Waals surface area contributed by atoms with Crippen LogP contribution in [0.4, 0.5) is 11.4 Å². The topological polar surface area (TPSA) is 68.0 Å². The lowest BCUT2D eigenvalue weighted by atomic mass is 10.1. The van der Waals surface area contributed by atoms with Gasteiger partial charge in [0, 0.05) is 10.7 Å². The molecular formula is C14H14ClN3O. The molecule has 5 heteroatoms. The van der Waals surface area contributed by atoms with Crippen LogP contribution in [-0.2, 0) is 0 Å². The zero-order valence-corrected chi connectivity index (χ0v) is 11.5. The second kappa shape index (κ2) is 5.28. The van der Waals surface area contributed by atoms with Crippen molar-refractivity contribution >= 4 is 28.9 Å². The first-order valence-corrected chi connectivity index (χ1v) is 6.16. The Kier molecular flexibility index (Phi) is 3.71. The SMILES string of the molecule is Cc1ccc(C(=O)Nc2ccc(Cl)cc2N)c(C)n1. The number of nitrogens with one attached hydrogen (secondary N) is 1. The summed E-state index contributed by atoms with van der Waals surface area (Å²) in [5.74, 6) is -0.237. The van der Waals surface area contributed by atoms with Crippen molar-refractivity contribution in [3.05, 3.63) is 52.3 Å². The molecular weight excluding hydrogens is 262 g/mol. The van der Waals surface area contributed by atoms with Crippen molar-refractivity contribution in [1.29, 1.82) is 0 Å². The number of nitrogen functional groups attached to an aromatic ring is 1. The minimum absolute atomic E-state index is 0.237. The summed E-state index contributed by atoms with van der Waals surface area (Å²) in [6, 6.07) is 8.49. The summed E-state index contributed by atoms with van der Waals surface area (Å²) in [5.41, 5.74) is 8.85. The predicted molar refractivity (Wildman–Crippen MR) is 77.5 cm³/mol. The van der Waals surface area contributed by atoms with Crippen molar-refractivity contribution in [2.24, 2.45) is 0 Å². The number of benzene rings is 1.